The van der Waals surface area contributed by atoms with Gasteiger partial charge < -0.3 is 20.1 Å². The first-order chi connectivity index (χ1) is 17.6. The monoisotopic (exact) mass is 513 g/mol. The van der Waals surface area contributed by atoms with Gasteiger partial charge in [-0.05, 0) is 41.8 Å². The van der Waals surface area contributed by atoms with E-state index in [9.17, 15) is 27.5 Å². The van der Waals surface area contributed by atoms with Gasteiger partial charge in [0.25, 0.3) is 0 Å². The van der Waals surface area contributed by atoms with Crippen LogP contribution in [-0.2, 0) is 6.54 Å². The van der Waals surface area contributed by atoms with E-state index in [1.165, 1.54) is 29.2 Å². The van der Waals surface area contributed by atoms with Gasteiger partial charge in [-0.3, -0.25) is 0 Å². The summed E-state index contributed by atoms with van der Waals surface area (Å²) in [6.07, 6.45) is -5.50. The van der Waals surface area contributed by atoms with Gasteiger partial charge in [0.05, 0.1) is 11.6 Å². The highest BCUT2D eigenvalue weighted by atomic mass is 19.4. The standard InChI is InChI=1S/C27H23F4N3O3/c28-23-12-17(14-32)6-8-21(23)19-7-9-25(37-27(29,30)31)20(13-19)15-33-24-10-11-34(26(35)36)16-22(24)18-4-2-1-3-5-18/h1-9,12-13,22,24,33H,10-11,15-16H2,(H,35,36)/t22-,24-/m0/s1. The van der Waals surface area contributed by atoms with Gasteiger partial charge in [-0.25, -0.2) is 9.18 Å². The summed E-state index contributed by atoms with van der Waals surface area (Å²) in [4.78, 5) is 12.9. The van der Waals surface area contributed by atoms with Crippen molar-refractivity contribution in [2.45, 2.75) is 31.3 Å². The number of nitrogens with one attached hydrogen (secondary N) is 1. The zero-order valence-corrected chi connectivity index (χ0v) is 19.5. The molecule has 3 aromatic carbocycles. The van der Waals surface area contributed by atoms with Crippen molar-refractivity contribution in [1.82, 2.24) is 10.2 Å². The molecule has 0 aromatic heterocycles. The summed E-state index contributed by atoms with van der Waals surface area (Å²) in [6, 6.07) is 18.7. The van der Waals surface area contributed by atoms with Crippen LogP contribution in [0.5, 0.6) is 5.75 Å². The summed E-state index contributed by atoms with van der Waals surface area (Å²) in [5.41, 5.74) is 1.65. The molecule has 3 aromatic rings. The van der Waals surface area contributed by atoms with Crippen molar-refractivity contribution >= 4 is 6.09 Å². The molecule has 37 heavy (non-hydrogen) atoms. The number of rotatable bonds is 6. The number of nitriles is 1. The summed E-state index contributed by atoms with van der Waals surface area (Å²) >= 11 is 0. The third-order valence-corrected chi connectivity index (χ3v) is 6.36. The summed E-state index contributed by atoms with van der Waals surface area (Å²) in [5, 5.41) is 21.7. The second kappa shape index (κ2) is 10.9. The molecule has 1 heterocycles. The SMILES string of the molecule is N#Cc1ccc(-c2ccc(OC(F)(F)F)c(CN[C@H]3CCN(C(=O)O)C[C@H]3c3ccccc3)c2)c(F)c1. The molecule has 192 valence electrons. The summed E-state index contributed by atoms with van der Waals surface area (Å²) in [7, 11) is 0. The van der Waals surface area contributed by atoms with Crippen LogP contribution in [0.15, 0.2) is 66.7 Å². The Morgan fingerprint density at radius 3 is 2.54 bits per heavy atom. The molecule has 0 spiro atoms. The van der Waals surface area contributed by atoms with E-state index in [-0.39, 0.29) is 48.3 Å². The lowest BCUT2D eigenvalue weighted by Crippen LogP contribution is -2.49. The minimum Gasteiger partial charge on any atom is -0.465 e. The van der Waals surface area contributed by atoms with Gasteiger partial charge in [0.15, 0.2) is 0 Å². The predicted molar refractivity (Wildman–Crippen MR) is 127 cm³/mol. The second-order valence-electron chi connectivity index (χ2n) is 8.70. The number of likely N-dealkylation sites (tertiary alicyclic amines) is 1. The molecule has 0 radical (unpaired) electrons. The minimum atomic E-state index is -4.92. The molecule has 2 N–H and O–H groups in total. The molecule has 10 heteroatoms. The van der Waals surface area contributed by atoms with Crippen LogP contribution in [0.3, 0.4) is 0 Å². The highest BCUT2D eigenvalue weighted by molar-refractivity contribution is 5.67. The molecule has 1 fully saturated rings. The van der Waals surface area contributed by atoms with E-state index in [0.29, 0.717) is 12.0 Å². The maximum Gasteiger partial charge on any atom is 0.573 e. The molecule has 1 aliphatic rings. The Kier molecular flexibility index (Phi) is 7.64. The van der Waals surface area contributed by atoms with Gasteiger partial charge >= 0.3 is 12.5 Å². The van der Waals surface area contributed by atoms with E-state index in [4.69, 9.17) is 5.26 Å². The number of nitrogens with zero attached hydrogens (tertiary/aromatic N) is 2. The molecule has 6 nitrogen and oxygen atoms in total. The van der Waals surface area contributed by atoms with Crippen LogP contribution >= 0.6 is 0 Å². The average molecular weight is 513 g/mol. The van der Waals surface area contributed by atoms with Crippen LogP contribution in [0.1, 0.15) is 29.0 Å². The lowest BCUT2D eigenvalue weighted by Gasteiger charge is -2.38. The Hall–Kier alpha value is -4.10. The van der Waals surface area contributed by atoms with Crippen LogP contribution in [0.25, 0.3) is 11.1 Å². The van der Waals surface area contributed by atoms with E-state index in [1.807, 2.05) is 36.4 Å². The number of benzene rings is 3. The number of carbonyl (C=O) groups is 1. The summed E-state index contributed by atoms with van der Waals surface area (Å²) < 4.78 is 58.1. The normalized spacial score (nSPS) is 17.8. The zero-order valence-electron chi connectivity index (χ0n) is 19.5. The molecular weight excluding hydrogens is 490 g/mol. The molecule has 1 amide bonds. The van der Waals surface area contributed by atoms with Gasteiger partial charge in [0, 0.05) is 42.7 Å². The maximum atomic E-state index is 14.6. The number of halogens is 4. The van der Waals surface area contributed by atoms with E-state index in [2.05, 4.69) is 10.1 Å². The largest absolute Gasteiger partial charge is 0.573 e. The Bertz CT molecular complexity index is 1310. The molecule has 0 saturated carbocycles. The number of amides is 1. The van der Waals surface area contributed by atoms with Crippen LogP contribution in [0.2, 0.25) is 0 Å². The Balaban J connectivity index is 1.63. The van der Waals surface area contributed by atoms with Crippen LogP contribution in [-0.4, -0.2) is 41.6 Å². The third kappa shape index (κ3) is 6.37. The van der Waals surface area contributed by atoms with Crippen molar-refractivity contribution in [2.75, 3.05) is 13.1 Å². The van der Waals surface area contributed by atoms with Crippen molar-refractivity contribution < 1.29 is 32.2 Å². The predicted octanol–water partition coefficient (Wildman–Crippen LogP) is 5.89. The van der Waals surface area contributed by atoms with E-state index < -0.39 is 24.0 Å². The molecule has 2 atom stereocenters. The topological polar surface area (TPSA) is 85.6 Å². The minimum absolute atomic E-state index is 0.0295. The number of hydrogen-bond acceptors (Lipinski definition) is 4. The summed E-state index contributed by atoms with van der Waals surface area (Å²) in [5.74, 6) is -1.32. The van der Waals surface area contributed by atoms with Crippen LogP contribution in [0.4, 0.5) is 22.4 Å². The lowest BCUT2D eigenvalue weighted by molar-refractivity contribution is -0.274. The van der Waals surface area contributed by atoms with Crippen LogP contribution < -0.4 is 10.1 Å². The number of ether oxygens (including phenoxy) is 1. The molecule has 0 unspecified atom stereocenters. The van der Waals surface area contributed by atoms with E-state index >= 15 is 0 Å². The molecule has 0 bridgehead atoms. The zero-order chi connectivity index (χ0) is 26.6. The van der Waals surface area contributed by atoms with Crippen LogP contribution in [0, 0.1) is 17.1 Å². The van der Waals surface area contributed by atoms with Crippen molar-refractivity contribution in [1.29, 1.82) is 5.26 Å². The molecule has 1 saturated heterocycles. The second-order valence-corrected chi connectivity index (χ2v) is 8.70. The van der Waals surface area contributed by atoms with Gasteiger partial charge in [0.1, 0.15) is 11.6 Å². The molecular formula is C27H23F4N3O3. The number of hydrogen-bond donors (Lipinski definition) is 2. The average Bonchev–Trinajstić information content (AvgIpc) is 2.87. The fraction of sp³-hybridized carbons (Fsp3) is 0.259. The summed E-state index contributed by atoms with van der Waals surface area (Å²) in [6.45, 7) is 0.483. The number of piperidine rings is 1. The first-order valence-corrected chi connectivity index (χ1v) is 11.5. The van der Waals surface area contributed by atoms with Gasteiger partial charge in [0.2, 0.25) is 0 Å². The van der Waals surface area contributed by atoms with E-state index in [1.54, 1.807) is 0 Å². The van der Waals surface area contributed by atoms with Crippen molar-refractivity contribution in [3.05, 3.63) is 89.2 Å². The fourth-order valence-electron chi connectivity index (χ4n) is 4.58. The fourth-order valence-corrected chi connectivity index (χ4v) is 4.58. The Morgan fingerprint density at radius 2 is 1.89 bits per heavy atom. The lowest BCUT2D eigenvalue weighted by atomic mass is 9.86. The Morgan fingerprint density at radius 1 is 1.14 bits per heavy atom. The first kappa shape index (κ1) is 26.0. The molecule has 4 rings (SSSR count). The number of alkyl halides is 3. The smallest absolute Gasteiger partial charge is 0.465 e. The van der Waals surface area contributed by atoms with Gasteiger partial charge in [-0.1, -0.05) is 42.5 Å². The highest BCUT2D eigenvalue weighted by Crippen LogP contribution is 2.33. The number of carboxylic acid groups (broad SMARTS) is 1. The van der Waals surface area contributed by atoms with Gasteiger partial charge in [-0.15, -0.1) is 13.2 Å². The van der Waals surface area contributed by atoms with E-state index in [0.717, 1.165) is 17.7 Å². The van der Waals surface area contributed by atoms with Crippen molar-refractivity contribution in [3.63, 3.8) is 0 Å². The van der Waals surface area contributed by atoms with Crippen molar-refractivity contribution in [3.8, 4) is 22.9 Å². The highest BCUT2D eigenvalue weighted by Gasteiger charge is 2.34. The first-order valence-electron chi connectivity index (χ1n) is 11.5. The molecule has 1 aliphatic heterocycles. The third-order valence-electron chi connectivity index (χ3n) is 6.36. The maximum absolute atomic E-state index is 14.6. The van der Waals surface area contributed by atoms with Gasteiger partial charge in [-0.2, -0.15) is 5.26 Å². The Labute approximate surface area is 210 Å². The quantitative estimate of drug-likeness (QED) is 0.402. The molecule has 0 aliphatic carbocycles. The van der Waals surface area contributed by atoms with Crippen molar-refractivity contribution in [2.24, 2.45) is 0 Å².